The maximum Gasteiger partial charge on any atom is 0.322 e. The molecule has 1 N–H and O–H groups in total. The van der Waals surface area contributed by atoms with Crippen LogP contribution in [0.25, 0.3) is 17.0 Å². The van der Waals surface area contributed by atoms with E-state index in [-0.39, 0.29) is 11.9 Å². The Kier molecular flexibility index (Phi) is 6.70. The second-order valence-corrected chi connectivity index (χ2v) is 8.76. The molecule has 1 atom stereocenters. The number of carbonyl (C=O) groups excluding carboxylic acids is 1. The first-order valence-corrected chi connectivity index (χ1v) is 11.4. The van der Waals surface area contributed by atoms with E-state index in [4.69, 9.17) is 20.9 Å². The number of halogens is 1. The number of rotatable bonds is 7. The maximum absolute atomic E-state index is 13.0. The van der Waals surface area contributed by atoms with Crippen molar-refractivity contribution in [2.75, 3.05) is 13.2 Å². The van der Waals surface area contributed by atoms with Gasteiger partial charge < -0.3 is 14.6 Å². The van der Waals surface area contributed by atoms with Crippen LogP contribution in [0.15, 0.2) is 58.8 Å². The second-order valence-electron chi connectivity index (χ2n) is 8.32. The Labute approximate surface area is 198 Å². The number of nitrogens with zero attached hydrogens (tertiary/aromatic N) is 3. The summed E-state index contributed by atoms with van der Waals surface area (Å²) < 4.78 is 11.2. The van der Waals surface area contributed by atoms with Crippen LogP contribution >= 0.6 is 11.6 Å². The highest BCUT2D eigenvalue weighted by atomic mass is 35.5. The molecule has 2 amide bonds. The van der Waals surface area contributed by atoms with Crippen LogP contribution in [-0.4, -0.2) is 34.2 Å². The molecule has 0 radical (unpaired) electrons. The SMILES string of the molecule is CCOc1ccc(-c2noc(C3=C(C)N(CC(C)C)C(=O)NC3c3cccc(Cl)c3)n2)cc1. The molecule has 1 unspecified atom stereocenters. The van der Waals surface area contributed by atoms with Crippen LogP contribution in [0.4, 0.5) is 4.79 Å². The van der Waals surface area contributed by atoms with Crippen molar-refractivity contribution in [3.8, 4) is 17.1 Å². The van der Waals surface area contributed by atoms with Gasteiger partial charge in [0.05, 0.1) is 18.2 Å². The highest BCUT2D eigenvalue weighted by molar-refractivity contribution is 6.30. The zero-order valence-corrected chi connectivity index (χ0v) is 19.9. The van der Waals surface area contributed by atoms with Crippen LogP contribution in [0.1, 0.15) is 45.2 Å². The van der Waals surface area contributed by atoms with Crippen molar-refractivity contribution >= 4 is 23.2 Å². The maximum atomic E-state index is 13.0. The minimum atomic E-state index is -0.465. The summed E-state index contributed by atoms with van der Waals surface area (Å²) in [5, 5.41) is 7.88. The smallest absolute Gasteiger partial charge is 0.322 e. The molecule has 7 nitrogen and oxygen atoms in total. The lowest BCUT2D eigenvalue weighted by atomic mass is 9.94. The molecular weight excluding hydrogens is 440 g/mol. The van der Waals surface area contributed by atoms with E-state index in [1.807, 2.05) is 56.3 Å². The summed E-state index contributed by atoms with van der Waals surface area (Å²) in [6.45, 7) is 9.16. The van der Waals surface area contributed by atoms with Crippen molar-refractivity contribution in [2.24, 2.45) is 5.92 Å². The average molecular weight is 467 g/mol. The summed E-state index contributed by atoms with van der Waals surface area (Å²) in [6, 6.07) is 14.3. The summed E-state index contributed by atoms with van der Waals surface area (Å²) in [7, 11) is 0. The van der Waals surface area contributed by atoms with E-state index in [2.05, 4.69) is 29.3 Å². The third-order valence-corrected chi connectivity index (χ3v) is 5.64. The first-order valence-electron chi connectivity index (χ1n) is 11.0. The zero-order valence-electron chi connectivity index (χ0n) is 19.1. The molecule has 1 aromatic heterocycles. The van der Waals surface area contributed by atoms with Gasteiger partial charge in [0, 0.05) is 22.8 Å². The molecule has 0 spiro atoms. The van der Waals surface area contributed by atoms with Crippen LogP contribution in [0, 0.1) is 5.92 Å². The lowest BCUT2D eigenvalue weighted by Crippen LogP contribution is -2.47. The van der Waals surface area contributed by atoms with Gasteiger partial charge >= 0.3 is 6.03 Å². The number of nitrogens with one attached hydrogen (secondary N) is 1. The van der Waals surface area contributed by atoms with Crippen molar-refractivity contribution in [2.45, 2.75) is 33.7 Å². The summed E-state index contributed by atoms with van der Waals surface area (Å²) in [5.74, 6) is 1.89. The number of amides is 2. The van der Waals surface area contributed by atoms with E-state index in [9.17, 15) is 4.79 Å². The number of benzene rings is 2. The topological polar surface area (TPSA) is 80.5 Å². The van der Waals surface area contributed by atoms with Crippen molar-refractivity contribution in [1.82, 2.24) is 20.4 Å². The highest BCUT2D eigenvalue weighted by Crippen LogP contribution is 2.38. The number of aromatic nitrogens is 2. The molecule has 0 fully saturated rings. The molecule has 1 aliphatic rings. The fourth-order valence-corrected chi connectivity index (χ4v) is 4.10. The Morgan fingerprint density at radius 3 is 2.64 bits per heavy atom. The fourth-order valence-electron chi connectivity index (χ4n) is 3.90. The number of allylic oxidation sites excluding steroid dienone is 1. The number of urea groups is 1. The first-order chi connectivity index (χ1) is 15.9. The normalized spacial score (nSPS) is 16.4. The molecule has 0 saturated heterocycles. The molecule has 8 heteroatoms. The molecule has 0 aliphatic carbocycles. The summed E-state index contributed by atoms with van der Waals surface area (Å²) in [4.78, 5) is 19.4. The van der Waals surface area contributed by atoms with Crippen LogP contribution < -0.4 is 10.1 Å². The monoisotopic (exact) mass is 466 g/mol. The Morgan fingerprint density at radius 1 is 1.21 bits per heavy atom. The Morgan fingerprint density at radius 2 is 1.97 bits per heavy atom. The molecule has 0 bridgehead atoms. The first kappa shape index (κ1) is 22.9. The molecule has 1 aliphatic heterocycles. The van der Waals surface area contributed by atoms with Crippen LogP contribution in [0.3, 0.4) is 0 Å². The predicted octanol–water partition coefficient (Wildman–Crippen LogP) is 5.94. The Bertz CT molecular complexity index is 1170. The fraction of sp³-hybridized carbons (Fsp3) is 0.320. The molecule has 4 rings (SSSR count). The summed E-state index contributed by atoms with van der Waals surface area (Å²) >= 11 is 6.25. The average Bonchev–Trinajstić information content (AvgIpc) is 3.26. The quantitative estimate of drug-likeness (QED) is 0.466. The van der Waals surface area contributed by atoms with Gasteiger partial charge in [-0.3, -0.25) is 4.90 Å². The van der Waals surface area contributed by atoms with Gasteiger partial charge in [-0.2, -0.15) is 4.98 Å². The zero-order chi connectivity index (χ0) is 23.5. The van der Waals surface area contributed by atoms with Crippen molar-refractivity contribution in [3.05, 3.63) is 70.7 Å². The molecule has 33 heavy (non-hydrogen) atoms. The van der Waals surface area contributed by atoms with Crippen LogP contribution in [0.2, 0.25) is 5.02 Å². The standard InChI is InChI=1S/C25H27ClN4O3/c1-5-32-20-11-9-17(10-12-20)23-28-24(33-29-23)21-16(4)30(14-15(2)3)25(31)27-22(21)18-7-6-8-19(26)13-18/h6-13,15,22H,5,14H2,1-4H3,(H,27,31). The van der Waals surface area contributed by atoms with E-state index in [1.165, 1.54) is 0 Å². The van der Waals surface area contributed by atoms with Gasteiger partial charge in [-0.25, -0.2) is 4.79 Å². The van der Waals surface area contributed by atoms with E-state index in [0.717, 1.165) is 28.1 Å². The number of ether oxygens (including phenoxy) is 1. The molecule has 0 saturated carbocycles. The Hall–Kier alpha value is -3.32. The van der Waals surface area contributed by atoms with Gasteiger partial charge in [-0.05, 0) is 61.7 Å². The number of hydrogen-bond acceptors (Lipinski definition) is 5. The largest absolute Gasteiger partial charge is 0.494 e. The third-order valence-electron chi connectivity index (χ3n) is 5.41. The van der Waals surface area contributed by atoms with Gasteiger partial charge in [0.2, 0.25) is 5.82 Å². The Balaban J connectivity index is 1.76. The van der Waals surface area contributed by atoms with Gasteiger partial charge in [0.1, 0.15) is 5.75 Å². The van der Waals surface area contributed by atoms with E-state index < -0.39 is 6.04 Å². The molecule has 2 aromatic carbocycles. The molecule has 2 heterocycles. The molecular formula is C25H27ClN4O3. The minimum absolute atomic E-state index is 0.166. The van der Waals surface area contributed by atoms with Gasteiger partial charge in [-0.1, -0.05) is 42.7 Å². The third kappa shape index (κ3) is 4.88. The predicted molar refractivity (Wildman–Crippen MR) is 128 cm³/mol. The number of hydrogen-bond donors (Lipinski definition) is 1. The van der Waals surface area contributed by atoms with Crippen molar-refractivity contribution < 1.29 is 14.1 Å². The van der Waals surface area contributed by atoms with Crippen molar-refractivity contribution in [1.29, 1.82) is 0 Å². The van der Waals surface area contributed by atoms with Gasteiger partial charge in [0.15, 0.2) is 0 Å². The summed E-state index contributed by atoms with van der Waals surface area (Å²) in [6.07, 6.45) is 0. The second kappa shape index (κ2) is 9.67. The van der Waals surface area contributed by atoms with E-state index >= 15 is 0 Å². The van der Waals surface area contributed by atoms with Crippen LogP contribution in [-0.2, 0) is 0 Å². The van der Waals surface area contributed by atoms with Crippen molar-refractivity contribution in [3.63, 3.8) is 0 Å². The molecule has 3 aromatic rings. The number of carbonyl (C=O) groups is 1. The van der Waals surface area contributed by atoms with E-state index in [1.54, 1.807) is 11.0 Å². The lowest BCUT2D eigenvalue weighted by molar-refractivity contribution is 0.199. The molecule has 172 valence electrons. The minimum Gasteiger partial charge on any atom is -0.494 e. The lowest BCUT2D eigenvalue weighted by Gasteiger charge is -2.36. The van der Waals surface area contributed by atoms with Crippen LogP contribution in [0.5, 0.6) is 5.75 Å². The van der Waals surface area contributed by atoms with Gasteiger partial charge in [0.25, 0.3) is 5.89 Å². The summed E-state index contributed by atoms with van der Waals surface area (Å²) in [5.41, 5.74) is 3.18. The van der Waals surface area contributed by atoms with Gasteiger partial charge in [-0.15, -0.1) is 0 Å². The highest BCUT2D eigenvalue weighted by Gasteiger charge is 2.36. The van der Waals surface area contributed by atoms with E-state index in [0.29, 0.717) is 29.9 Å².